The minimum absolute atomic E-state index is 0.185. The Hall–Kier alpha value is -1.06. The van der Waals surface area contributed by atoms with E-state index >= 15 is 0 Å². The molecule has 0 bridgehead atoms. The van der Waals surface area contributed by atoms with Gasteiger partial charge in [0.25, 0.3) is 0 Å². The van der Waals surface area contributed by atoms with Crippen LogP contribution in [0.5, 0.6) is 0 Å². The van der Waals surface area contributed by atoms with E-state index in [1.807, 2.05) is 27.7 Å². The predicted molar refractivity (Wildman–Crippen MR) is 63.3 cm³/mol. The van der Waals surface area contributed by atoms with Crippen molar-refractivity contribution in [3.63, 3.8) is 0 Å². The van der Waals surface area contributed by atoms with Crippen LogP contribution in [0, 0.1) is 5.92 Å². The zero-order valence-electron chi connectivity index (χ0n) is 10.9. The Balaban J connectivity index is 3.66. The average molecular weight is 229 g/mol. The molecule has 0 aliphatic heterocycles. The fourth-order valence-corrected chi connectivity index (χ4v) is 1.33. The molecule has 1 unspecified atom stereocenters. The minimum Gasteiger partial charge on any atom is -0.444 e. The van der Waals surface area contributed by atoms with Crippen molar-refractivity contribution in [2.24, 2.45) is 5.92 Å². The lowest BCUT2D eigenvalue weighted by atomic mass is 10.0. The summed E-state index contributed by atoms with van der Waals surface area (Å²) in [5, 5.41) is 2.67. The molecule has 1 atom stereocenters. The topological polar surface area (TPSA) is 55.4 Å². The second kappa shape index (κ2) is 6.51. The third-order valence-electron chi connectivity index (χ3n) is 1.94. The Morgan fingerprint density at radius 2 is 1.88 bits per heavy atom. The van der Waals surface area contributed by atoms with Crippen molar-refractivity contribution < 1.29 is 14.3 Å². The summed E-state index contributed by atoms with van der Waals surface area (Å²) in [4.78, 5) is 22.1. The zero-order valence-corrected chi connectivity index (χ0v) is 10.9. The van der Waals surface area contributed by atoms with Gasteiger partial charge in [-0.2, -0.15) is 0 Å². The number of carbonyl (C=O) groups is 2. The van der Waals surface area contributed by atoms with Gasteiger partial charge in [0, 0.05) is 13.0 Å². The lowest BCUT2D eigenvalue weighted by Gasteiger charge is -2.20. The number of ether oxygens (including phenoxy) is 1. The molecule has 0 aromatic carbocycles. The summed E-state index contributed by atoms with van der Waals surface area (Å²) in [5.41, 5.74) is -0.463. The number of hydrogen-bond acceptors (Lipinski definition) is 3. The summed E-state index contributed by atoms with van der Waals surface area (Å²) in [5.74, 6) is 0.484. The number of nitrogens with one attached hydrogen (secondary N) is 1. The first-order chi connectivity index (χ1) is 7.20. The molecule has 1 amide bonds. The SMILES string of the molecule is CC(=O)CC(C)CCNC(=O)OC(C)(C)C. The Morgan fingerprint density at radius 3 is 2.31 bits per heavy atom. The molecule has 4 nitrogen and oxygen atoms in total. The molecule has 0 spiro atoms. The van der Waals surface area contributed by atoms with E-state index in [0.717, 1.165) is 6.42 Å². The monoisotopic (exact) mass is 229 g/mol. The van der Waals surface area contributed by atoms with E-state index in [1.165, 1.54) is 0 Å². The number of amides is 1. The van der Waals surface area contributed by atoms with Gasteiger partial charge in [-0.1, -0.05) is 6.92 Å². The summed E-state index contributed by atoms with van der Waals surface area (Å²) < 4.78 is 5.08. The molecular formula is C12H23NO3. The van der Waals surface area contributed by atoms with Gasteiger partial charge in [-0.15, -0.1) is 0 Å². The average Bonchev–Trinajstić information content (AvgIpc) is 1.98. The minimum atomic E-state index is -0.463. The van der Waals surface area contributed by atoms with Crippen LogP contribution in [0.2, 0.25) is 0 Å². The predicted octanol–water partition coefficient (Wildman–Crippen LogP) is 2.52. The molecule has 0 heterocycles. The quantitative estimate of drug-likeness (QED) is 0.788. The maximum atomic E-state index is 11.3. The first kappa shape index (κ1) is 14.9. The van der Waals surface area contributed by atoms with Gasteiger partial charge in [0.05, 0.1) is 0 Å². The number of ketones is 1. The highest BCUT2D eigenvalue weighted by atomic mass is 16.6. The van der Waals surface area contributed by atoms with Crippen molar-refractivity contribution in [3.8, 4) is 0 Å². The Labute approximate surface area is 97.7 Å². The Kier molecular flexibility index (Phi) is 6.08. The van der Waals surface area contributed by atoms with E-state index in [9.17, 15) is 9.59 Å². The number of rotatable bonds is 5. The molecule has 0 aromatic heterocycles. The van der Waals surface area contributed by atoms with Crippen LogP contribution in [0.3, 0.4) is 0 Å². The van der Waals surface area contributed by atoms with E-state index < -0.39 is 11.7 Å². The standard InChI is InChI=1S/C12H23NO3/c1-9(8-10(2)14)6-7-13-11(15)16-12(3,4)5/h9H,6-8H2,1-5H3,(H,13,15). The van der Waals surface area contributed by atoms with E-state index in [-0.39, 0.29) is 5.78 Å². The van der Waals surface area contributed by atoms with Crippen LogP contribution in [-0.2, 0) is 9.53 Å². The lowest BCUT2D eigenvalue weighted by Crippen LogP contribution is -2.33. The van der Waals surface area contributed by atoms with Gasteiger partial charge >= 0.3 is 6.09 Å². The second-order valence-electron chi connectivity index (χ2n) is 5.23. The number of hydrogen-bond donors (Lipinski definition) is 1. The smallest absolute Gasteiger partial charge is 0.407 e. The van der Waals surface area contributed by atoms with Crippen molar-refractivity contribution >= 4 is 11.9 Å². The molecule has 94 valence electrons. The molecule has 1 N–H and O–H groups in total. The second-order valence-corrected chi connectivity index (χ2v) is 5.23. The van der Waals surface area contributed by atoms with Crippen molar-refractivity contribution in [2.45, 2.75) is 53.1 Å². The highest BCUT2D eigenvalue weighted by molar-refractivity contribution is 5.75. The van der Waals surface area contributed by atoms with E-state index in [0.29, 0.717) is 18.9 Å². The van der Waals surface area contributed by atoms with E-state index in [2.05, 4.69) is 5.32 Å². The van der Waals surface area contributed by atoms with Gasteiger partial charge in [0.2, 0.25) is 0 Å². The molecule has 4 heteroatoms. The van der Waals surface area contributed by atoms with Gasteiger partial charge in [-0.25, -0.2) is 4.79 Å². The zero-order chi connectivity index (χ0) is 12.8. The molecule has 0 aliphatic carbocycles. The number of Topliss-reactive ketones (excluding diaryl/α,β-unsaturated/α-hetero) is 1. The van der Waals surface area contributed by atoms with Crippen LogP contribution in [0.25, 0.3) is 0 Å². The van der Waals surface area contributed by atoms with Crippen LogP contribution in [0.4, 0.5) is 4.79 Å². The molecule has 16 heavy (non-hydrogen) atoms. The fourth-order valence-electron chi connectivity index (χ4n) is 1.33. The Morgan fingerprint density at radius 1 is 1.31 bits per heavy atom. The number of carbonyl (C=O) groups excluding carboxylic acids is 2. The molecule has 0 aromatic rings. The van der Waals surface area contributed by atoms with Crippen molar-refractivity contribution in [3.05, 3.63) is 0 Å². The highest BCUT2D eigenvalue weighted by Gasteiger charge is 2.15. The van der Waals surface area contributed by atoms with Gasteiger partial charge < -0.3 is 14.8 Å². The third kappa shape index (κ3) is 9.49. The summed E-state index contributed by atoms with van der Waals surface area (Å²) in [6.07, 6.45) is 0.956. The highest BCUT2D eigenvalue weighted by Crippen LogP contribution is 2.08. The van der Waals surface area contributed by atoms with Gasteiger partial charge in [0.15, 0.2) is 0 Å². The Bertz CT molecular complexity index is 243. The first-order valence-electron chi connectivity index (χ1n) is 5.67. The van der Waals surface area contributed by atoms with Crippen LogP contribution < -0.4 is 5.32 Å². The molecule has 0 fully saturated rings. The number of alkyl carbamates (subject to hydrolysis) is 1. The summed E-state index contributed by atoms with van der Waals surface area (Å²) in [6, 6.07) is 0. The summed E-state index contributed by atoms with van der Waals surface area (Å²) in [6.45, 7) is 9.60. The molecule has 0 rings (SSSR count). The molecule has 0 saturated carbocycles. The molecule has 0 aliphatic rings. The van der Waals surface area contributed by atoms with Crippen LogP contribution in [-0.4, -0.2) is 24.0 Å². The summed E-state index contributed by atoms with van der Waals surface area (Å²) in [7, 11) is 0. The van der Waals surface area contributed by atoms with E-state index in [4.69, 9.17) is 4.74 Å². The van der Waals surface area contributed by atoms with Gasteiger partial charge in [0.1, 0.15) is 11.4 Å². The van der Waals surface area contributed by atoms with Crippen LogP contribution in [0.1, 0.15) is 47.5 Å². The largest absolute Gasteiger partial charge is 0.444 e. The lowest BCUT2D eigenvalue weighted by molar-refractivity contribution is -0.117. The van der Waals surface area contributed by atoms with Crippen LogP contribution >= 0.6 is 0 Å². The van der Waals surface area contributed by atoms with Crippen LogP contribution in [0.15, 0.2) is 0 Å². The maximum Gasteiger partial charge on any atom is 0.407 e. The molecule has 0 saturated heterocycles. The van der Waals surface area contributed by atoms with Gasteiger partial charge in [-0.3, -0.25) is 0 Å². The maximum absolute atomic E-state index is 11.3. The normalized spacial score (nSPS) is 13.1. The fraction of sp³-hybridized carbons (Fsp3) is 0.833. The van der Waals surface area contributed by atoms with Gasteiger partial charge in [-0.05, 0) is 40.0 Å². The summed E-state index contributed by atoms with van der Waals surface area (Å²) >= 11 is 0. The molecular weight excluding hydrogens is 206 g/mol. The van der Waals surface area contributed by atoms with E-state index in [1.54, 1.807) is 6.92 Å². The van der Waals surface area contributed by atoms with Crippen molar-refractivity contribution in [1.82, 2.24) is 5.32 Å². The first-order valence-corrected chi connectivity index (χ1v) is 5.67. The van der Waals surface area contributed by atoms with Crippen molar-refractivity contribution in [1.29, 1.82) is 0 Å². The van der Waals surface area contributed by atoms with Crippen molar-refractivity contribution in [2.75, 3.05) is 6.54 Å². The molecule has 0 radical (unpaired) electrons. The third-order valence-corrected chi connectivity index (χ3v) is 1.94.